The van der Waals surface area contributed by atoms with Crippen molar-refractivity contribution in [2.75, 3.05) is 6.61 Å². The maximum Gasteiger partial charge on any atom is 0.223 e. The van der Waals surface area contributed by atoms with Crippen molar-refractivity contribution in [2.24, 2.45) is 35.0 Å². The van der Waals surface area contributed by atoms with Crippen LogP contribution in [0.1, 0.15) is 59.3 Å². The van der Waals surface area contributed by atoms with Gasteiger partial charge in [0, 0.05) is 18.6 Å². The normalized spacial score (nSPS) is 39.3. The second kappa shape index (κ2) is 5.57. The molecule has 0 aromatic carbocycles. The van der Waals surface area contributed by atoms with E-state index in [1.165, 1.54) is 32.1 Å². The van der Waals surface area contributed by atoms with Crippen LogP contribution < -0.4 is 5.32 Å². The van der Waals surface area contributed by atoms with E-state index >= 15 is 0 Å². The lowest BCUT2D eigenvalue weighted by atomic mass is 9.51. The summed E-state index contributed by atoms with van der Waals surface area (Å²) in [6.07, 6.45) is 7.21. The van der Waals surface area contributed by atoms with Crippen LogP contribution in [0.5, 0.6) is 0 Å². The van der Waals surface area contributed by atoms with Crippen LogP contribution in [0.25, 0.3) is 0 Å². The Morgan fingerprint density at radius 1 is 1.10 bits per heavy atom. The minimum Gasteiger partial charge on any atom is -0.396 e. The molecule has 0 aromatic rings. The van der Waals surface area contributed by atoms with Crippen molar-refractivity contribution in [2.45, 2.75) is 65.3 Å². The van der Waals surface area contributed by atoms with Gasteiger partial charge in [-0.3, -0.25) is 4.79 Å². The van der Waals surface area contributed by atoms with Gasteiger partial charge in [0.15, 0.2) is 0 Å². The summed E-state index contributed by atoms with van der Waals surface area (Å²) < 4.78 is 0. The molecule has 0 aromatic heterocycles. The molecular formula is C18H31NO2. The predicted molar refractivity (Wildman–Crippen MR) is 83.6 cm³/mol. The fourth-order valence-electron chi connectivity index (χ4n) is 5.47. The fourth-order valence-corrected chi connectivity index (χ4v) is 5.47. The lowest BCUT2D eigenvalue weighted by Crippen LogP contribution is -2.54. The molecule has 2 N–H and O–H groups in total. The van der Waals surface area contributed by atoms with E-state index in [9.17, 15) is 9.90 Å². The van der Waals surface area contributed by atoms with Crippen LogP contribution in [-0.2, 0) is 4.79 Å². The van der Waals surface area contributed by atoms with Crippen LogP contribution in [0.4, 0.5) is 0 Å². The molecule has 3 nitrogen and oxygen atoms in total. The highest BCUT2D eigenvalue weighted by Crippen LogP contribution is 2.56. The van der Waals surface area contributed by atoms with Crippen molar-refractivity contribution in [1.82, 2.24) is 5.32 Å². The molecule has 0 saturated heterocycles. The van der Waals surface area contributed by atoms with Gasteiger partial charge in [0.05, 0.1) is 0 Å². The van der Waals surface area contributed by atoms with Crippen molar-refractivity contribution >= 4 is 5.91 Å². The molecule has 1 amide bonds. The van der Waals surface area contributed by atoms with Crippen molar-refractivity contribution in [3.05, 3.63) is 0 Å². The van der Waals surface area contributed by atoms with E-state index in [0.717, 1.165) is 11.8 Å². The first-order chi connectivity index (χ1) is 9.88. The number of carbonyl (C=O) groups is 1. The summed E-state index contributed by atoms with van der Waals surface area (Å²) >= 11 is 0. The van der Waals surface area contributed by atoms with Crippen LogP contribution in [0.2, 0.25) is 0 Å². The zero-order valence-electron chi connectivity index (χ0n) is 13.8. The summed E-state index contributed by atoms with van der Waals surface area (Å²) in [5, 5.41) is 12.6. The topological polar surface area (TPSA) is 49.3 Å². The van der Waals surface area contributed by atoms with Gasteiger partial charge in [-0.25, -0.2) is 0 Å². The quantitative estimate of drug-likeness (QED) is 0.837. The van der Waals surface area contributed by atoms with Gasteiger partial charge in [0.25, 0.3) is 0 Å². The molecule has 4 bridgehead atoms. The Hall–Kier alpha value is -0.570. The van der Waals surface area contributed by atoms with E-state index in [2.05, 4.69) is 26.1 Å². The summed E-state index contributed by atoms with van der Waals surface area (Å²) in [6.45, 7) is 6.57. The molecule has 0 spiro atoms. The van der Waals surface area contributed by atoms with Crippen LogP contribution in [0.15, 0.2) is 0 Å². The third-order valence-corrected chi connectivity index (χ3v) is 6.31. The molecular weight excluding hydrogens is 262 g/mol. The largest absolute Gasteiger partial charge is 0.396 e. The average Bonchev–Trinajstić information content (AvgIpc) is 2.35. The highest BCUT2D eigenvalue weighted by atomic mass is 16.3. The predicted octanol–water partition coefficient (Wildman–Crippen LogP) is 2.97. The van der Waals surface area contributed by atoms with Gasteiger partial charge < -0.3 is 10.4 Å². The molecule has 4 aliphatic rings. The third-order valence-electron chi connectivity index (χ3n) is 6.31. The van der Waals surface area contributed by atoms with Crippen molar-refractivity contribution < 1.29 is 9.90 Å². The number of aliphatic hydroxyl groups is 1. The molecule has 21 heavy (non-hydrogen) atoms. The Labute approximate surface area is 128 Å². The van der Waals surface area contributed by atoms with E-state index in [0.29, 0.717) is 18.3 Å². The summed E-state index contributed by atoms with van der Waals surface area (Å²) in [5.74, 6) is 3.62. The zero-order valence-corrected chi connectivity index (χ0v) is 13.8. The van der Waals surface area contributed by atoms with Gasteiger partial charge in [-0.15, -0.1) is 0 Å². The molecule has 0 heterocycles. The third kappa shape index (κ3) is 2.99. The fraction of sp³-hybridized carbons (Fsp3) is 0.944. The minimum atomic E-state index is 0.00427. The molecule has 0 radical (unpaired) electrons. The maximum atomic E-state index is 12.9. The monoisotopic (exact) mass is 293 g/mol. The Morgan fingerprint density at radius 2 is 1.62 bits per heavy atom. The minimum absolute atomic E-state index is 0.00427. The highest BCUT2D eigenvalue weighted by Gasteiger charge is 2.51. The molecule has 4 fully saturated rings. The molecule has 3 heteroatoms. The zero-order chi connectivity index (χ0) is 15.2. The van der Waals surface area contributed by atoms with Crippen molar-refractivity contribution in [3.63, 3.8) is 0 Å². The van der Waals surface area contributed by atoms with E-state index in [4.69, 9.17) is 0 Å². The number of hydrogen-bond acceptors (Lipinski definition) is 2. The van der Waals surface area contributed by atoms with Crippen molar-refractivity contribution in [1.29, 1.82) is 0 Å². The lowest BCUT2D eigenvalue weighted by molar-refractivity contribution is -0.139. The van der Waals surface area contributed by atoms with Gasteiger partial charge in [-0.2, -0.15) is 0 Å². The second-order valence-electron chi connectivity index (χ2n) is 8.90. The summed E-state index contributed by atoms with van der Waals surface area (Å²) in [4.78, 5) is 12.9. The molecule has 0 aliphatic heterocycles. The second-order valence-corrected chi connectivity index (χ2v) is 8.90. The summed E-state index contributed by atoms with van der Waals surface area (Å²) in [7, 11) is 0. The van der Waals surface area contributed by atoms with E-state index in [1.54, 1.807) is 0 Å². The van der Waals surface area contributed by atoms with Gasteiger partial charge in [0.2, 0.25) is 5.91 Å². The molecule has 120 valence electrons. The van der Waals surface area contributed by atoms with Crippen molar-refractivity contribution in [3.8, 4) is 0 Å². The van der Waals surface area contributed by atoms with Gasteiger partial charge in [-0.05, 0) is 67.6 Å². The Kier molecular flexibility index (Phi) is 4.06. The maximum absolute atomic E-state index is 12.9. The Bertz CT molecular complexity index is 371. The number of carbonyl (C=O) groups excluding carboxylic acids is 1. The number of nitrogens with one attached hydrogen (secondary N) is 1. The van der Waals surface area contributed by atoms with Gasteiger partial charge in [-0.1, -0.05) is 20.8 Å². The first kappa shape index (κ1) is 15.3. The Balaban J connectivity index is 1.67. The van der Waals surface area contributed by atoms with E-state index in [1.807, 2.05) is 0 Å². The van der Waals surface area contributed by atoms with Gasteiger partial charge >= 0.3 is 0 Å². The number of amides is 1. The number of hydrogen-bond donors (Lipinski definition) is 2. The van der Waals surface area contributed by atoms with Crippen LogP contribution >= 0.6 is 0 Å². The molecule has 1 atom stereocenters. The molecule has 4 saturated carbocycles. The molecule has 4 rings (SSSR count). The average molecular weight is 293 g/mol. The SMILES string of the molecule is CC(C)(C)C(CCO)NC(=O)C1C2CC3CC(C2)CC1C3. The summed E-state index contributed by atoms with van der Waals surface area (Å²) in [6, 6.07) is 0.0761. The standard InChI is InChI=1S/C18H31NO2/c1-18(2,3)15(4-5-20)19-17(21)16-13-7-11-6-12(9-13)10-14(16)8-11/h11-16,20H,4-10H2,1-3H3,(H,19,21). The smallest absolute Gasteiger partial charge is 0.223 e. The molecule has 4 aliphatic carbocycles. The summed E-state index contributed by atoms with van der Waals surface area (Å²) in [5.41, 5.74) is 0.00427. The van der Waals surface area contributed by atoms with Crippen LogP contribution in [-0.4, -0.2) is 23.7 Å². The lowest BCUT2D eigenvalue weighted by Gasteiger charge is -2.54. The van der Waals surface area contributed by atoms with E-state index in [-0.39, 0.29) is 29.9 Å². The van der Waals surface area contributed by atoms with Crippen LogP contribution in [0, 0.1) is 35.0 Å². The van der Waals surface area contributed by atoms with Crippen LogP contribution in [0.3, 0.4) is 0 Å². The number of rotatable bonds is 4. The number of aliphatic hydroxyl groups excluding tert-OH is 1. The Morgan fingerprint density at radius 3 is 2.05 bits per heavy atom. The molecule has 1 unspecified atom stereocenters. The van der Waals surface area contributed by atoms with Gasteiger partial charge in [0.1, 0.15) is 0 Å². The first-order valence-corrected chi connectivity index (χ1v) is 8.79. The highest BCUT2D eigenvalue weighted by molar-refractivity contribution is 5.80. The van der Waals surface area contributed by atoms with E-state index < -0.39 is 0 Å². The first-order valence-electron chi connectivity index (χ1n) is 8.79.